The van der Waals surface area contributed by atoms with E-state index in [2.05, 4.69) is 76.0 Å². The minimum absolute atomic E-state index is 0.0595. The molecule has 0 bridgehead atoms. The number of benzene rings is 6. The van der Waals surface area contributed by atoms with Crippen LogP contribution in [0.25, 0.3) is 43.6 Å². The first-order valence-corrected chi connectivity index (χ1v) is 42.7. The molecule has 14 rings (SSSR count). The first-order valence-electron chi connectivity index (χ1n) is 42.3. The number of para-hydroxylation sites is 4. The van der Waals surface area contributed by atoms with Crippen LogP contribution in [0.15, 0.2) is 170 Å². The summed E-state index contributed by atoms with van der Waals surface area (Å²) in [5, 5.41) is 4.62. The van der Waals surface area contributed by atoms with Crippen molar-refractivity contribution in [3.8, 4) is 17.2 Å². The molecule has 0 aliphatic carbocycles. The molecular formula is C96H122ClFN8O9. The highest BCUT2D eigenvalue weighted by Gasteiger charge is 2.28. The summed E-state index contributed by atoms with van der Waals surface area (Å²) < 4.78 is 44.7. The van der Waals surface area contributed by atoms with Gasteiger partial charge in [-0.2, -0.15) is 0 Å². The summed E-state index contributed by atoms with van der Waals surface area (Å²) in [6.07, 6.45) is 30.1. The van der Waals surface area contributed by atoms with Crippen molar-refractivity contribution in [2.45, 2.75) is 189 Å². The lowest BCUT2D eigenvalue weighted by Crippen LogP contribution is -2.38. The summed E-state index contributed by atoms with van der Waals surface area (Å²) in [4.78, 5) is 70.7. The zero-order chi connectivity index (χ0) is 81.2. The van der Waals surface area contributed by atoms with Gasteiger partial charge in [0.1, 0.15) is 29.2 Å². The van der Waals surface area contributed by atoms with Gasteiger partial charge in [0.05, 0.1) is 41.9 Å². The van der Waals surface area contributed by atoms with E-state index < -0.39 is 0 Å². The molecule has 0 saturated carbocycles. The molecule has 614 valence electrons. The van der Waals surface area contributed by atoms with E-state index in [9.17, 15) is 28.4 Å². The Morgan fingerprint density at radius 2 is 0.861 bits per heavy atom. The average molecular weight is 1590 g/mol. The summed E-state index contributed by atoms with van der Waals surface area (Å²) in [6, 6.07) is 41.6. The lowest BCUT2D eigenvalue weighted by Gasteiger charge is -2.32. The largest absolute Gasteiger partial charge is 0.495 e. The lowest BCUT2D eigenvalue weighted by molar-refractivity contribution is 0.00758. The highest BCUT2D eigenvalue weighted by atomic mass is 35.5. The fourth-order valence-corrected chi connectivity index (χ4v) is 17.3. The van der Waals surface area contributed by atoms with Crippen molar-refractivity contribution in [2.75, 3.05) is 99.4 Å². The van der Waals surface area contributed by atoms with E-state index in [0.29, 0.717) is 11.1 Å². The number of carbonyl (C=O) groups is 5. The molecule has 0 unspecified atom stereocenters. The molecule has 4 fully saturated rings. The van der Waals surface area contributed by atoms with Gasteiger partial charge in [0.15, 0.2) is 28.9 Å². The van der Waals surface area contributed by atoms with Crippen LogP contribution in [-0.2, 0) is 30.9 Å². The SMILES string of the molecule is CC(=O)c1cn(CCCN2CCC(Oc3ccc(F)cc3)CC2)c2c(Cl)cccc12.CCCCCC=C1CCN(CCCn2cc(C(C)=O)c3ccccc32)CC1.CCCOC1CCN(CCCn2cc(C(C)=O)c3cccc(OC)c32)CC1.COc1cccc2c(C(C)=O)cn(CCCN3CCC(C(=O)c4ccccc4)CC3)c12. The topological polar surface area (TPSA) is 155 Å². The number of halogens is 2. The number of carbonyl (C=O) groups excluding carboxylic acids is 5. The number of Topliss-reactive ketones (excluding diaryl/α,β-unsaturated/α-hetero) is 5. The number of nitrogens with zero attached hydrogens (tertiary/aromatic N) is 8. The fourth-order valence-electron chi connectivity index (χ4n) is 17.0. The van der Waals surface area contributed by atoms with Gasteiger partial charge < -0.3 is 56.8 Å². The Morgan fingerprint density at radius 3 is 1.36 bits per heavy atom. The predicted octanol–water partition coefficient (Wildman–Crippen LogP) is 20.4. The van der Waals surface area contributed by atoms with E-state index in [-0.39, 0.29) is 46.8 Å². The molecule has 0 N–H and O–H groups in total. The third-order valence-corrected chi connectivity index (χ3v) is 23.6. The number of allylic oxidation sites excluding steroid dienone is 1. The summed E-state index contributed by atoms with van der Waals surface area (Å²) in [5.74, 6) is 2.90. The number of fused-ring (bicyclic) bond motifs is 4. The van der Waals surface area contributed by atoms with Crippen LogP contribution in [0.1, 0.15) is 202 Å². The van der Waals surface area contributed by atoms with E-state index in [1.807, 2.05) is 116 Å². The quantitative estimate of drug-likeness (QED) is 0.0218. The number of ketones is 5. The normalized spacial score (nSPS) is 15.6. The Labute approximate surface area is 685 Å². The molecule has 4 saturated heterocycles. The van der Waals surface area contributed by atoms with Crippen LogP contribution in [-0.4, -0.2) is 178 Å². The van der Waals surface area contributed by atoms with Crippen molar-refractivity contribution in [2.24, 2.45) is 5.92 Å². The highest BCUT2D eigenvalue weighted by molar-refractivity contribution is 6.35. The molecule has 17 nitrogen and oxygen atoms in total. The Morgan fingerprint density at radius 1 is 0.435 bits per heavy atom. The Kier molecular flexibility index (Phi) is 33.1. The second kappa shape index (κ2) is 43.8. The Balaban J connectivity index is 0.000000151. The van der Waals surface area contributed by atoms with Gasteiger partial charge >= 0.3 is 0 Å². The van der Waals surface area contributed by atoms with Gasteiger partial charge in [-0.05, 0) is 212 Å². The molecule has 8 heterocycles. The van der Waals surface area contributed by atoms with Crippen LogP contribution >= 0.6 is 11.6 Å². The number of methoxy groups -OCH3 is 2. The number of piperidine rings is 4. The average Bonchev–Trinajstić information content (AvgIpc) is 1.67. The molecule has 115 heavy (non-hydrogen) atoms. The zero-order valence-corrected chi connectivity index (χ0v) is 70.1. The summed E-state index contributed by atoms with van der Waals surface area (Å²) >= 11 is 6.42. The maximum atomic E-state index is 13.0. The van der Waals surface area contributed by atoms with E-state index in [1.54, 1.807) is 59.6 Å². The first-order chi connectivity index (χ1) is 55.9. The van der Waals surface area contributed by atoms with Crippen LogP contribution in [0.5, 0.6) is 17.2 Å². The molecule has 6 aromatic carbocycles. The minimum Gasteiger partial charge on any atom is -0.495 e. The number of aryl methyl sites for hydroxylation is 4. The van der Waals surface area contributed by atoms with Gasteiger partial charge in [-0.25, -0.2) is 4.39 Å². The Bertz CT molecular complexity index is 4830. The molecule has 10 aromatic rings. The van der Waals surface area contributed by atoms with Crippen LogP contribution in [0.4, 0.5) is 4.39 Å². The molecule has 4 aromatic heterocycles. The van der Waals surface area contributed by atoms with Gasteiger partial charge in [-0.1, -0.05) is 135 Å². The van der Waals surface area contributed by atoms with Crippen molar-refractivity contribution in [3.05, 3.63) is 209 Å². The molecule has 0 spiro atoms. The maximum Gasteiger partial charge on any atom is 0.166 e. The van der Waals surface area contributed by atoms with Crippen molar-refractivity contribution in [1.29, 1.82) is 0 Å². The van der Waals surface area contributed by atoms with Gasteiger partial charge in [0, 0.05) is 158 Å². The van der Waals surface area contributed by atoms with Crippen LogP contribution in [0.2, 0.25) is 5.02 Å². The van der Waals surface area contributed by atoms with E-state index in [0.717, 1.165) is 252 Å². The van der Waals surface area contributed by atoms with Crippen LogP contribution in [0, 0.1) is 11.7 Å². The van der Waals surface area contributed by atoms with Crippen molar-refractivity contribution < 1.29 is 47.3 Å². The molecular weight excluding hydrogens is 1460 g/mol. The maximum absolute atomic E-state index is 13.0. The lowest BCUT2D eigenvalue weighted by atomic mass is 9.89. The Hall–Kier alpha value is -9.01. The highest BCUT2D eigenvalue weighted by Crippen LogP contribution is 2.35. The van der Waals surface area contributed by atoms with E-state index >= 15 is 0 Å². The van der Waals surface area contributed by atoms with Crippen LogP contribution in [0.3, 0.4) is 0 Å². The zero-order valence-electron chi connectivity index (χ0n) is 69.4. The van der Waals surface area contributed by atoms with E-state index in [1.165, 1.54) is 69.3 Å². The number of likely N-dealkylation sites (tertiary alicyclic amines) is 4. The minimum atomic E-state index is -0.246. The molecule has 0 radical (unpaired) electrons. The van der Waals surface area contributed by atoms with Gasteiger partial charge in [-0.3, -0.25) is 24.0 Å². The number of unbranched alkanes of at least 4 members (excludes halogenated alkanes) is 3. The second-order valence-corrected chi connectivity index (χ2v) is 31.9. The third kappa shape index (κ3) is 23.9. The molecule has 0 atom stereocenters. The smallest absolute Gasteiger partial charge is 0.166 e. The first kappa shape index (κ1) is 86.8. The van der Waals surface area contributed by atoms with Crippen molar-refractivity contribution in [3.63, 3.8) is 0 Å². The predicted molar refractivity (Wildman–Crippen MR) is 464 cm³/mol. The number of ether oxygens (including phenoxy) is 4. The molecule has 4 aliphatic heterocycles. The summed E-state index contributed by atoms with van der Waals surface area (Å²) in [6.45, 7) is 28.0. The number of hydrogen-bond acceptors (Lipinski definition) is 13. The van der Waals surface area contributed by atoms with Gasteiger partial charge in [0.25, 0.3) is 0 Å². The van der Waals surface area contributed by atoms with E-state index in [4.69, 9.17) is 30.5 Å². The van der Waals surface area contributed by atoms with Gasteiger partial charge in [0.2, 0.25) is 0 Å². The van der Waals surface area contributed by atoms with Crippen LogP contribution < -0.4 is 14.2 Å². The van der Waals surface area contributed by atoms with Gasteiger partial charge in [-0.15, -0.1) is 0 Å². The number of rotatable bonds is 33. The molecule has 0 amide bonds. The van der Waals surface area contributed by atoms with Crippen molar-refractivity contribution >= 4 is 84.1 Å². The standard InChI is InChI=1S/C26H30N2O3.C24H26ClFN2O2.C24H34N2O.C22H32N2O3/c1-19(29)23-18-28(25-22(23)10-6-11-24(25)31-2)15-7-14-27-16-12-21(13-17-27)26(30)20-8-4-3-5-9-20;1-17(29)22-16-28(24-21(22)4-2-5-23(24)25)13-3-12-27-14-10-20(11-15-27)30-19-8-6-18(26)7-9-19;1-3-4-5-6-10-21-13-17-25(18-14-21)15-9-16-26-19-23(20(2)27)22-11-7-8-12-24(22)26;1-4-15-27-18-9-13-23(14-10-18)11-6-12-24-16-20(17(2)25)19-7-5-8-21(26-3)22(19)24/h3-6,8-11,18,21H,7,12-17H2,1-2H3;2,4-9,16,20H,3,10-15H2,1H3;7-8,10-12,19H,3-6,9,13-18H2,1-2H3;5,7-8,16,18H,4,6,9-15H2,1-3H3. The van der Waals surface area contributed by atoms with Crippen molar-refractivity contribution in [1.82, 2.24) is 37.9 Å². The summed E-state index contributed by atoms with van der Waals surface area (Å²) in [5.41, 5.74) is 9.73. The monoisotopic (exact) mass is 1580 g/mol. The fraction of sp³-hybridized carbons (Fsp3) is 0.469. The second-order valence-electron chi connectivity index (χ2n) is 31.5. The summed E-state index contributed by atoms with van der Waals surface area (Å²) in [7, 11) is 3.35. The number of aromatic nitrogens is 4. The molecule has 4 aliphatic rings. The molecule has 19 heteroatoms. The third-order valence-electron chi connectivity index (χ3n) is 23.3. The number of hydrogen-bond donors (Lipinski definition) is 0.